The summed E-state index contributed by atoms with van der Waals surface area (Å²) in [5.41, 5.74) is 3.51. The van der Waals surface area contributed by atoms with Gasteiger partial charge < -0.3 is 9.80 Å². The van der Waals surface area contributed by atoms with Crippen LogP contribution in [0.25, 0.3) is 0 Å². The van der Waals surface area contributed by atoms with E-state index < -0.39 is 10.0 Å². The molecule has 3 aromatic rings. The summed E-state index contributed by atoms with van der Waals surface area (Å²) in [5.74, 6) is 0.361. The Labute approximate surface area is 232 Å². The summed E-state index contributed by atoms with van der Waals surface area (Å²) in [6.45, 7) is 3.56. The smallest absolute Gasteiger partial charge is 0.253 e. The molecule has 0 spiro atoms. The van der Waals surface area contributed by atoms with Crippen LogP contribution in [0.2, 0.25) is 5.02 Å². The van der Waals surface area contributed by atoms with Crippen LogP contribution in [0.15, 0.2) is 77.7 Å². The summed E-state index contributed by atoms with van der Waals surface area (Å²) in [4.78, 5) is 29.6. The van der Waals surface area contributed by atoms with E-state index in [1.807, 2.05) is 48.2 Å². The molecule has 0 aromatic heterocycles. The van der Waals surface area contributed by atoms with Gasteiger partial charge in [0.15, 0.2) is 0 Å². The molecule has 2 heterocycles. The van der Waals surface area contributed by atoms with E-state index in [-0.39, 0.29) is 35.2 Å². The first-order valence-electron chi connectivity index (χ1n) is 12.3. The van der Waals surface area contributed by atoms with E-state index in [0.29, 0.717) is 36.0 Å². The zero-order valence-corrected chi connectivity index (χ0v) is 23.3. The van der Waals surface area contributed by atoms with Crippen molar-refractivity contribution >= 4 is 45.2 Å². The second kappa shape index (κ2) is 11.1. The molecule has 0 saturated carbocycles. The highest BCUT2D eigenvalue weighted by atomic mass is 35.5. The van der Waals surface area contributed by atoms with Gasteiger partial charge in [-0.25, -0.2) is 8.42 Å². The Morgan fingerprint density at radius 3 is 2.18 bits per heavy atom. The Kier molecular flexibility index (Phi) is 7.81. The highest BCUT2D eigenvalue weighted by Gasteiger charge is 2.33. The lowest BCUT2D eigenvalue weighted by molar-refractivity contribution is -0.128. The molecular formula is C28H28ClN3O4S2. The maximum atomic E-state index is 13.2. The number of carbonyl (C=O) groups is 2. The van der Waals surface area contributed by atoms with E-state index in [0.717, 1.165) is 16.7 Å². The van der Waals surface area contributed by atoms with Crippen molar-refractivity contribution in [3.8, 4) is 0 Å². The van der Waals surface area contributed by atoms with Crippen LogP contribution in [0.1, 0.15) is 32.4 Å². The maximum absolute atomic E-state index is 13.2. The summed E-state index contributed by atoms with van der Waals surface area (Å²) in [6.07, 6.45) is 0. The van der Waals surface area contributed by atoms with Gasteiger partial charge in [-0.3, -0.25) is 9.59 Å². The number of rotatable bonds is 6. The van der Waals surface area contributed by atoms with Crippen molar-refractivity contribution in [2.75, 3.05) is 31.9 Å². The minimum absolute atomic E-state index is 0.0774. The zero-order valence-electron chi connectivity index (χ0n) is 20.9. The Morgan fingerprint density at radius 1 is 0.921 bits per heavy atom. The van der Waals surface area contributed by atoms with Gasteiger partial charge >= 0.3 is 0 Å². The normalized spacial score (nSPS) is 18.7. The third kappa shape index (κ3) is 5.61. The molecule has 2 amide bonds. The first kappa shape index (κ1) is 26.7. The van der Waals surface area contributed by atoms with Gasteiger partial charge in [-0.2, -0.15) is 4.31 Å². The second-order valence-electron chi connectivity index (χ2n) is 9.44. The summed E-state index contributed by atoms with van der Waals surface area (Å²) < 4.78 is 27.4. The number of hydrogen-bond donors (Lipinski definition) is 0. The molecule has 7 nitrogen and oxygen atoms in total. The van der Waals surface area contributed by atoms with Crippen LogP contribution < -0.4 is 0 Å². The fourth-order valence-corrected chi connectivity index (χ4v) is 7.39. The number of sulfonamides is 1. The van der Waals surface area contributed by atoms with E-state index in [4.69, 9.17) is 11.6 Å². The van der Waals surface area contributed by atoms with E-state index in [1.54, 1.807) is 53.1 Å². The fraction of sp³-hybridized carbons (Fsp3) is 0.286. The molecule has 198 valence electrons. The predicted molar refractivity (Wildman–Crippen MR) is 149 cm³/mol. The van der Waals surface area contributed by atoms with Crippen molar-refractivity contribution in [1.29, 1.82) is 0 Å². The van der Waals surface area contributed by atoms with Crippen molar-refractivity contribution in [1.82, 2.24) is 14.1 Å². The van der Waals surface area contributed by atoms with Crippen LogP contribution >= 0.6 is 23.4 Å². The maximum Gasteiger partial charge on any atom is 0.253 e. The quantitative estimate of drug-likeness (QED) is 0.435. The average molecular weight is 570 g/mol. The van der Waals surface area contributed by atoms with Crippen molar-refractivity contribution in [2.45, 2.75) is 23.7 Å². The average Bonchev–Trinajstić information content (AvgIpc) is 3.29. The number of nitrogens with zero attached hydrogens (tertiary/aromatic N) is 3. The minimum atomic E-state index is -3.59. The minimum Gasteiger partial charge on any atom is -0.336 e. The summed E-state index contributed by atoms with van der Waals surface area (Å²) in [6, 6.07) is 21.7. The number of amides is 2. The van der Waals surface area contributed by atoms with E-state index in [9.17, 15) is 18.0 Å². The van der Waals surface area contributed by atoms with Gasteiger partial charge in [0.05, 0.1) is 10.6 Å². The Morgan fingerprint density at radius 2 is 1.55 bits per heavy atom. The summed E-state index contributed by atoms with van der Waals surface area (Å²) >= 11 is 7.56. The number of aryl methyl sites for hydroxylation is 1. The number of halogens is 1. The molecular weight excluding hydrogens is 542 g/mol. The zero-order chi connectivity index (χ0) is 26.9. The van der Waals surface area contributed by atoms with Crippen molar-refractivity contribution in [3.63, 3.8) is 0 Å². The first-order valence-corrected chi connectivity index (χ1v) is 15.2. The van der Waals surface area contributed by atoms with Crippen LogP contribution in [0.3, 0.4) is 0 Å². The standard InChI is InChI=1S/C28H28ClN3O4S2/c1-20-2-12-25(13-3-20)38(35,36)31-16-14-30(15-17-31)27(34)22-6-8-23(9-7-22)28-32(26(33)19-37-28)18-21-4-10-24(29)11-5-21/h2-13,28H,14-19H2,1H3. The molecule has 38 heavy (non-hydrogen) atoms. The third-order valence-corrected chi connectivity index (χ3v) is 10.3. The molecule has 0 radical (unpaired) electrons. The fourth-order valence-electron chi connectivity index (χ4n) is 4.65. The van der Waals surface area contributed by atoms with Gasteiger partial charge in [-0.1, -0.05) is 53.6 Å². The largest absolute Gasteiger partial charge is 0.336 e. The Bertz CT molecular complexity index is 1420. The number of hydrogen-bond acceptors (Lipinski definition) is 5. The number of benzene rings is 3. The molecule has 3 aromatic carbocycles. The lowest BCUT2D eigenvalue weighted by atomic mass is 10.1. The van der Waals surface area contributed by atoms with Gasteiger partial charge in [0.25, 0.3) is 5.91 Å². The van der Waals surface area contributed by atoms with Gasteiger partial charge in [0.2, 0.25) is 15.9 Å². The highest BCUT2D eigenvalue weighted by molar-refractivity contribution is 8.00. The molecule has 2 aliphatic rings. The lowest BCUT2D eigenvalue weighted by Crippen LogP contribution is -2.50. The van der Waals surface area contributed by atoms with Crippen molar-refractivity contribution < 1.29 is 18.0 Å². The van der Waals surface area contributed by atoms with Gasteiger partial charge in [0, 0.05) is 43.3 Å². The molecule has 0 N–H and O–H groups in total. The van der Waals surface area contributed by atoms with Gasteiger partial charge in [0.1, 0.15) is 5.37 Å². The predicted octanol–water partition coefficient (Wildman–Crippen LogP) is 4.57. The molecule has 2 aliphatic heterocycles. The van der Waals surface area contributed by atoms with E-state index >= 15 is 0 Å². The van der Waals surface area contributed by atoms with Gasteiger partial charge in [-0.15, -0.1) is 11.8 Å². The molecule has 5 rings (SSSR count). The monoisotopic (exact) mass is 569 g/mol. The molecule has 0 bridgehead atoms. The molecule has 1 atom stereocenters. The van der Waals surface area contributed by atoms with E-state index in [2.05, 4.69) is 0 Å². The lowest BCUT2D eigenvalue weighted by Gasteiger charge is -2.34. The third-order valence-electron chi connectivity index (χ3n) is 6.86. The van der Waals surface area contributed by atoms with Gasteiger partial charge in [-0.05, 0) is 54.4 Å². The van der Waals surface area contributed by atoms with Crippen LogP contribution in [-0.2, 0) is 21.4 Å². The van der Waals surface area contributed by atoms with Crippen LogP contribution in [0.5, 0.6) is 0 Å². The first-order chi connectivity index (χ1) is 18.2. The van der Waals surface area contributed by atoms with Crippen molar-refractivity contribution in [2.24, 2.45) is 0 Å². The SMILES string of the molecule is Cc1ccc(S(=O)(=O)N2CCN(C(=O)c3ccc(C4SCC(=O)N4Cc4ccc(Cl)cc4)cc3)CC2)cc1. The Balaban J connectivity index is 1.22. The molecule has 2 saturated heterocycles. The second-order valence-corrected chi connectivity index (χ2v) is 12.9. The van der Waals surface area contributed by atoms with Crippen LogP contribution in [-0.4, -0.2) is 66.3 Å². The van der Waals surface area contributed by atoms with Crippen LogP contribution in [0, 0.1) is 6.92 Å². The molecule has 10 heteroatoms. The summed E-state index contributed by atoms with van der Waals surface area (Å²) in [7, 11) is -3.59. The molecule has 2 fully saturated rings. The summed E-state index contributed by atoms with van der Waals surface area (Å²) in [5, 5.41) is 0.528. The molecule has 1 unspecified atom stereocenters. The highest BCUT2D eigenvalue weighted by Crippen LogP contribution is 2.39. The number of thioether (sulfide) groups is 1. The van der Waals surface area contributed by atoms with Crippen LogP contribution in [0.4, 0.5) is 0 Å². The topological polar surface area (TPSA) is 78.0 Å². The Hall–Kier alpha value is -2.85. The number of carbonyl (C=O) groups excluding carboxylic acids is 2. The number of piperazine rings is 1. The van der Waals surface area contributed by atoms with E-state index in [1.165, 1.54) is 4.31 Å². The molecule has 0 aliphatic carbocycles. The van der Waals surface area contributed by atoms with Crippen molar-refractivity contribution in [3.05, 3.63) is 100 Å².